The number of amides is 1. The summed E-state index contributed by atoms with van der Waals surface area (Å²) in [4.78, 5) is 11.9. The maximum absolute atomic E-state index is 11.9. The van der Waals surface area contributed by atoms with E-state index in [-0.39, 0.29) is 23.6 Å². The van der Waals surface area contributed by atoms with Gasteiger partial charge in [-0.2, -0.15) is 0 Å². The number of nitrogens with one attached hydrogen (secondary N) is 1. The van der Waals surface area contributed by atoms with Gasteiger partial charge in [0.2, 0.25) is 5.91 Å². The summed E-state index contributed by atoms with van der Waals surface area (Å²) in [7, 11) is 0. The molecule has 0 bridgehead atoms. The van der Waals surface area contributed by atoms with Crippen LogP contribution < -0.4 is 11.1 Å². The lowest BCUT2D eigenvalue weighted by molar-refractivity contribution is -0.121. The monoisotopic (exact) mass is 312 g/mol. The molecule has 0 spiro atoms. The minimum atomic E-state index is -0.0954. The molecule has 4 N–H and O–H groups in total. The molecule has 4 nitrogen and oxygen atoms in total. The maximum Gasteiger partial charge on any atom is 0.220 e. The second-order valence-electron chi connectivity index (χ2n) is 5.85. The molecule has 0 aromatic heterocycles. The van der Waals surface area contributed by atoms with E-state index in [1.165, 1.54) is 0 Å². The summed E-state index contributed by atoms with van der Waals surface area (Å²) in [5.74, 6) is 0.398. The zero-order chi connectivity index (χ0) is 16.7. The second-order valence-corrected chi connectivity index (χ2v) is 5.85. The number of hydrogen-bond donors (Lipinski definition) is 3. The lowest BCUT2D eigenvalue weighted by Gasteiger charge is -2.20. The summed E-state index contributed by atoms with van der Waals surface area (Å²) < 4.78 is 0. The molecule has 0 radical (unpaired) electrons. The number of phenols is 1. The summed E-state index contributed by atoms with van der Waals surface area (Å²) in [5.41, 5.74) is 8.36. The Bertz CT molecular complexity index is 611. The Morgan fingerprint density at radius 3 is 2.43 bits per heavy atom. The summed E-state index contributed by atoms with van der Waals surface area (Å²) in [6.07, 6.45) is 1.04. The number of nitrogens with two attached hydrogens (primary N) is 1. The van der Waals surface area contributed by atoms with Crippen molar-refractivity contribution in [1.29, 1.82) is 0 Å². The topological polar surface area (TPSA) is 75.3 Å². The first-order valence-corrected chi connectivity index (χ1v) is 7.91. The summed E-state index contributed by atoms with van der Waals surface area (Å²) in [6.45, 7) is 2.58. The van der Waals surface area contributed by atoms with Crippen LogP contribution in [0.2, 0.25) is 0 Å². The molecule has 0 aliphatic rings. The van der Waals surface area contributed by atoms with Crippen molar-refractivity contribution in [2.24, 2.45) is 5.73 Å². The van der Waals surface area contributed by atoms with Crippen molar-refractivity contribution in [2.75, 3.05) is 0 Å². The van der Waals surface area contributed by atoms with Crippen LogP contribution in [0.4, 0.5) is 0 Å². The third-order valence-electron chi connectivity index (χ3n) is 4.10. The van der Waals surface area contributed by atoms with Crippen molar-refractivity contribution in [3.05, 3.63) is 65.7 Å². The van der Waals surface area contributed by atoms with Gasteiger partial charge in [0.15, 0.2) is 0 Å². The Balaban J connectivity index is 1.75. The van der Waals surface area contributed by atoms with Crippen LogP contribution in [0.3, 0.4) is 0 Å². The fraction of sp³-hybridized carbons (Fsp3) is 0.316. The number of carbonyl (C=O) groups is 1. The molecule has 0 heterocycles. The number of benzene rings is 2. The van der Waals surface area contributed by atoms with Crippen molar-refractivity contribution in [1.82, 2.24) is 5.32 Å². The highest BCUT2D eigenvalue weighted by molar-refractivity contribution is 5.75. The van der Waals surface area contributed by atoms with Gasteiger partial charge in [-0.25, -0.2) is 0 Å². The molecule has 1 amide bonds. The van der Waals surface area contributed by atoms with Crippen LogP contribution in [0.5, 0.6) is 5.75 Å². The van der Waals surface area contributed by atoms with E-state index in [1.807, 2.05) is 49.4 Å². The predicted molar refractivity (Wildman–Crippen MR) is 92.0 cm³/mol. The summed E-state index contributed by atoms with van der Waals surface area (Å²) >= 11 is 0. The van der Waals surface area contributed by atoms with Gasteiger partial charge < -0.3 is 16.2 Å². The van der Waals surface area contributed by atoms with Gasteiger partial charge in [-0.05, 0) is 35.6 Å². The predicted octanol–water partition coefficient (Wildman–Crippen LogP) is 2.92. The van der Waals surface area contributed by atoms with Crippen molar-refractivity contribution < 1.29 is 9.90 Å². The molecule has 2 rings (SSSR count). The first kappa shape index (κ1) is 17.0. The van der Waals surface area contributed by atoms with Crippen LogP contribution in [0, 0.1) is 0 Å². The summed E-state index contributed by atoms with van der Waals surface area (Å²) in [5, 5.41) is 12.2. The normalized spacial score (nSPS) is 13.3. The van der Waals surface area contributed by atoms with Crippen LogP contribution >= 0.6 is 0 Å². The Labute approximate surface area is 137 Å². The molecule has 2 unspecified atom stereocenters. The van der Waals surface area contributed by atoms with Crippen molar-refractivity contribution in [2.45, 2.75) is 38.3 Å². The number of rotatable bonds is 7. The smallest absolute Gasteiger partial charge is 0.220 e. The molecule has 0 aliphatic heterocycles. The number of aromatic hydroxyl groups is 1. The Morgan fingerprint density at radius 1 is 1.13 bits per heavy atom. The molecular formula is C19H24N2O2. The highest BCUT2D eigenvalue weighted by Crippen LogP contribution is 2.22. The second kappa shape index (κ2) is 8.34. The molecule has 0 fully saturated rings. The number of phenolic OH excluding ortho intramolecular Hbond substituents is 1. The van der Waals surface area contributed by atoms with Gasteiger partial charge in [0.05, 0.1) is 0 Å². The number of carbonyl (C=O) groups excluding carboxylic acids is 1. The van der Waals surface area contributed by atoms with E-state index in [2.05, 4.69) is 5.32 Å². The van der Waals surface area contributed by atoms with Crippen molar-refractivity contribution in [3.63, 3.8) is 0 Å². The lowest BCUT2D eigenvalue weighted by atomic mass is 9.91. The first-order chi connectivity index (χ1) is 11.1. The van der Waals surface area contributed by atoms with E-state index in [1.54, 1.807) is 12.1 Å². The molecule has 122 valence electrons. The minimum absolute atomic E-state index is 0.0159. The molecule has 2 atom stereocenters. The largest absolute Gasteiger partial charge is 0.508 e. The fourth-order valence-electron chi connectivity index (χ4n) is 2.46. The fourth-order valence-corrected chi connectivity index (χ4v) is 2.46. The number of hydrogen-bond acceptors (Lipinski definition) is 3. The van der Waals surface area contributed by atoms with Gasteiger partial charge in [0, 0.05) is 19.0 Å². The van der Waals surface area contributed by atoms with Crippen LogP contribution in [0.15, 0.2) is 54.6 Å². The molecule has 2 aromatic carbocycles. The van der Waals surface area contributed by atoms with Crippen molar-refractivity contribution >= 4 is 5.91 Å². The minimum Gasteiger partial charge on any atom is -0.508 e. The Morgan fingerprint density at radius 2 is 1.78 bits per heavy atom. The van der Waals surface area contributed by atoms with Crippen molar-refractivity contribution in [3.8, 4) is 5.75 Å². The van der Waals surface area contributed by atoms with Crippen LogP contribution in [-0.4, -0.2) is 17.1 Å². The van der Waals surface area contributed by atoms with E-state index in [4.69, 9.17) is 5.73 Å². The quantitative estimate of drug-likeness (QED) is 0.736. The first-order valence-electron chi connectivity index (χ1n) is 7.91. The maximum atomic E-state index is 11.9. The van der Waals surface area contributed by atoms with Crippen LogP contribution in [-0.2, 0) is 11.3 Å². The van der Waals surface area contributed by atoms with Crippen LogP contribution in [0.25, 0.3) is 0 Å². The van der Waals surface area contributed by atoms with Gasteiger partial charge in [-0.15, -0.1) is 0 Å². The van der Waals surface area contributed by atoms with Gasteiger partial charge >= 0.3 is 0 Å². The van der Waals surface area contributed by atoms with Crippen LogP contribution in [0.1, 0.15) is 36.8 Å². The van der Waals surface area contributed by atoms with E-state index in [0.29, 0.717) is 19.4 Å². The van der Waals surface area contributed by atoms with E-state index >= 15 is 0 Å². The average molecular weight is 312 g/mol. The molecule has 0 saturated carbocycles. The molecule has 4 heteroatoms. The molecule has 0 aliphatic carbocycles. The average Bonchev–Trinajstić information content (AvgIpc) is 2.58. The SMILES string of the molecule is CC(c1ccc(O)cc1)C(N)CCC(=O)NCc1ccccc1. The molecule has 2 aromatic rings. The zero-order valence-electron chi connectivity index (χ0n) is 13.4. The highest BCUT2D eigenvalue weighted by atomic mass is 16.3. The van der Waals surface area contributed by atoms with E-state index in [0.717, 1.165) is 11.1 Å². The Hall–Kier alpha value is -2.33. The van der Waals surface area contributed by atoms with Gasteiger partial charge in [-0.3, -0.25) is 4.79 Å². The van der Waals surface area contributed by atoms with Gasteiger partial charge in [-0.1, -0.05) is 49.4 Å². The highest BCUT2D eigenvalue weighted by Gasteiger charge is 2.16. The summed E-state index contributed by atoms with van der Waals surface area (Å²) in [6, 6.07) is 16.8. The van der Waals surface area contributed by atoms with Gasteiger partial charge in [0.25, 0.3) is 0 Å². The zero-order valence-corrected chi connectivity index (χ0v) is 13.4. The van der Waals surface area contributed by atoms with Gasteiger partial charge in [0.1, 0.15) is 5.75 Å². The molecule has 23 heavy (non-hydrogen) atoms. The van der Waals surface area contributed by atoms with E-state index < -0.39 is 0 Å². The third kappa shape index (κ3) is 5.42. The molecule has 0 saturated heterocycles. The third-order valence-corrected chi connectivity index (χ3v) is 4.10. The lowest BCUT2D eigenvalue weighted by Crippen LogP contribution is -2.30. The standard InChI is InChI=1S/C19H24N2O2/c1-14(16-7-9-17(22)10-8-16)18(20)11-12-19(23)21-13-15-5-3-2-4-6-15/h2-10,14,18,22H,11-13,20H2,1H3,(H,21,23). The molecular weight excluding hydrogens is 288 g/mol. The van der Waals surface area contributed by atoms with E-state index in [9.17, 15) is 9.90 Å². The Kier molecular flexibility index (Phi) is 6.18.